The van der Waals surface area contributed by atoms with Crippen LogP contribution in [0.25, 0.3) is 0 Å². The minimum absolute atomic E-state index is 0.293. The van der Waals surface area contributed by atoms with Crippen molar-refractivity contribution >= 4 is 0 Å². The normalized spacial score (nSPS) is 34.4. The average Bonchev–Trinajstić information content (AvgIpc) is 2.59. The van der Waals surface area contributed by atoms with Gasteiger partial charge in [-0.3, -0.25) is 5.32 Å². The van der Waals surface area contributed by atoms with Crippen molar-refractivity contribution in [2.75, 3.05) is 13.1 Å². The zero-order valence-corrected chi connectivity index (χ0v) is 14.4. The molecule has 0 spiro atoms. The molecule has 21 heavy (non-hydrogen) atoms. The van der Waals surface area contributed by atoms with E-state index in [2.05, 4.69) is 44.0 Å². The molecule has 2 rings (SSSR count). The molecule has 1 aliphatic heterocycles. The number of likely N-dealkylation sites (tertiary alicyclic amines) is 1. The molecule has 1 saturated carbocycles. The molecule has 0 bridgehead atoms. The van der Waals surface area contributed by atoms with Crippen molar-refractivity contribution in [1.82, 2.24) is 10.2 Å². The van der Waals surface area contributed by atoms with Crippen molar-refractivity contribution in [2.24, 2.45) is 5.41 Å². The standard InChI is InChI=1S/C18H33N3/c1-15(2)20-18(14-19)9-5-7-16(13-18)21-11-6-8-17(3,4)10-12-21/h15-16,20H,5-13H2,1-4H3. The van der Waals surface area contributed by atoms with Gasteiger partial charge in [-0.25, -0.2) is 0 Å². The number of nitriles is 1. The molecule has 0 aromatic heterocycles. The first-order valence-corrected chi connectivity index (χ1v) is 8.79. The molecule has 120 valence electrons. The summed E-state index contributed by atoms with van der Waals surface area (Å²) in [6.07, 6.45) is 8.40. The van der Waals surface area contributed by atoms with Crippen LogP contribution in [-0.4, -0.2) is 35.6 Å². The van der Waals surface area contributed by atoms with Gasteiger partial charge in [0, 0.05) is 12.1 Å². The van der Waals surface area contributed by atoms with Crippen LogP contribution in [-0.2, 0) is 0 Å². The second kappa shape index (κ2) is 6.67. The lowest BCUT2D eigenvalue weighted by Crippen LogP contribution is -2.54. The van der Waals surface area contributed by atoms with Gasteiger partial charge in [0.05, 0.1) is 6.07 Å². The third-order valence-electron chi connectivity index (χ3n) is 5.40. The molecular weight excluding hydrogens is 258 g/mol. The van der Waals surface area contributed by atoms with Gasteiger partial charge >= 0.3 is 0 Å². The van der Waals surface area contributed by atoms with Crippen molar-refractivity contribution in [2.45, 2.75) is 90.3 Å². The molecule has 1 saturated heterocycles. The highest BCUT2D eigenvalue weighted by Crippen LogP contribution is 2.35. The highest BCUT2D eigenvalue weighted by atomic mass is 15.2. The smallest absolute Gasteiger partial charge is 0.108 e. The van der Waals surface area contributed by atoms with Gasteiger partial charge in [0.15, 0.2) is 0 Å². The van der Waals surface area contributed by atoms with Crippen molar-refractivity contribution in [3.8, 4) is 6.07 Å². The van der Waals surface area contributed by atoms with Crippen LogP contribution in [0.15, 0.2) is 0 Å². The Morgan fingerprint density at radius 2 is 1.90 bits per heavy atom. The lowest BCUT2D eigenvalue weighted by molar-refractivity contribution is 0.116. The first-order chi connectivity index (χ1) is 9.86. The van der Waals surface area contributed by atoms with E-state index < -0.39 is 0 Å². The topological polar surface area (TPSA) is 39.1 Å². The van der Waals surface area contributed by atoms with E-state index >= 15 is 0 Å². The number of hydrogen-bond donors (Lipinski definition) is 1. The summed E-state index contributed by atoms with van der Waals surface area (Å²) < 4.78 is 0. The summed E-state index contributed by atoms with van der Waals surface area (Å²) in [5.74, 6) is 0. The van der Waals surface area contributed by atoms with E-state index in [4.69, 9.17) is 0 Å². The molecule has 0 aromatic rings. The van der Waals surface area contributed by atoms with Gasteiger partial charge < -0.3 is 4.90 Å². The monoisotopic (exact) mass is 291 g/mol. The Balaban J connectivity index is 2.02. The van der Waals surface area contributed by atoms with E-state index in [0.29, 0.717) is 17.5 Å². The Kier molecular flexibility index (Phi) is 5.33. The zero-order chi connectivity index (χ0) is 15.5. The predicted molar refractivity (Wildman–Crippen MR) is 88.1 cm³/mol. The molecule has 2 aliphatic rings. The second-order valence-electron chi connectivity index (χ2n) is 8.30. The van der Waals surface area contributed by atoms with Gasteiger partial charge in [0.25, 0.3) is 0 Å². The maximum Gasteiger partial charge on any atom is 0.108 e. The number of rotatable bonds is 3. The number of nitrogens with zero attached hydrogens (tertiary/aromatic N) is 2. The number of hydrogen-bond acceptors (Lipinski definition) is 3. The van der Waals surface area contributed by atoms with E-state index in [1.807, 2.05) is 0 Å². The van der Waals surface area contributed by atoms with E-state index in [1.54, 1.807) is 0 Å². The third-order valence-corrected chi connectivity index (χ3v) is 5.40. The predicted octanol–water partition coefficient (Wildman–Crippen LogP) is 3.70. The fraction of sp³-hybridized carbons (Fsp3) is 0.944. The summed E-state index contributed by atoms with van der Waals surface area (Å²) in [4.78, 5) is 2.68. The molecule has 1 aliphatic carbocycles. The highest BCUT2D eigenvalue weighted by Gasteiger charge is 2.39. The fourth-order valence-electron chi connectivity index (χ4n) is 4.18. The van der Waals surface area contributed by atoms with Gasteiger partial charge in [0.2, 0.25) is 0 Å². The van der Waals surface area contributed by atoms with Gasteiger partial charge in [-0.05, 0) is 77.3 Å². The summed E-state index contributed by atoms with van der Waals surface area (Å²) in [5, 5.41) is 13.3. The molecule has 0 aromatic carbocycles. The first kappa shape index (κ1) is 16.8. The van der Waals surface area contributed by atoms with Crippen molar-refractivity contribution in [3.63, 3.8) is 0 Å². The summed E-state index contributed by atoms with van der Waals surface area (Å²) in [5.41, 5.74) is 0.199. The van der Waals surface area contributed by atoms with Crippen LogP contribution >= 0.6 is 0 Å². The molecule has 1 N–H and O–H groups in total. The molecule has 2 atom stereocenters. The molecule has 3 heteroatoms. The maximum atomic E-state index is 9.71. The maximum absolute atomic E-state index is 9.71. The van der Waals surface area contributed by atoms with E-state index in [-0.39, 0.29) is 5.54 Å². The SMILES string of the molecule is CC(C)NC1(C#N)CCCC(N2CCCC(C)(C)CC2)C1. The van der Waals surface area contributed by atoms with Crippen LogP contribution < -0.4 is 5.32 Å². The van der Waals surface area contributed by atoms with Gasteiger partial charge in [-0.1, -0.05) is 13.8 Å². The third kappa shape index (κ3) is 4.44. The summed E-state index contributed by atoms with van der Waals surface area (Å²) in [6, 6.07) is 3.59. The van der Waals surface area contributed by atoms with E-state index in [9.17, 15) is 5.26 Å². The Morgan fingerprint density at radius 3 is 2.57 bits per heavy atom. The van der Waals surface area contributed by atoms with Crippen LogP contribution in [0.2, 0.25) is 0 Å². The number of nitrogens with one attached hydrogen (secondary N) is 1. The quantitative estimate of drug-likeness (QED) is 0.861. The Bertz CT molecular complexity index is 382. The fourth-order valence-corrected chi connectivity index (χ4v) is 4.18. The molecule has 0 amide bonds. The zero-order valence-electron chi connectivity index (χ0n) is 14.4. The first-order valence-electron chi connectivity index (χ1n) is 8.79. The minimum Gasteiger partial charge on any atom is -0.300 e. The van der Waals surface area contributed by atoms with E-state index in [1.165, 1.54) is 45.2 Å². The van der Waals surface area contributed by atoms with Crippen LogP contribution in [0.5, 0.6) is 0 Å². The van der Waals surface area contributed by atoms with Crippen molar-refractivity contribution in [3.05, 3.63) is 0 Å². The largest absolute Gasteiger partial charge is 0.300 e. The van der Waals surface area contributed by atoms with Crippen molar-refractivity contribution < 1.29 is 0 Å². The van der Waals surface area contributed by atoms with Gasteiger partial charge in [-0.15, -0.1) is 0 Å². The second-order valence-corrected chi connectivity index (χ2v) is 8.30. The van der Waals surface area contributed by atoms with E-state index in [0.717, 1.165) is 12.8 Å². The molecular formula is C18H33N3. The van der Waals surface area contributed by atoms with Crippen LogP contribution in [0, 0.1) is 16.7 Å². The van der Waals surface area contributed by atoms with Gasteiger partial charge in [-0.2, -0.15) is 5.26 Å². The molecule has 2 unspecified atom stereocenters. The average molecular weight is 291 g/mol. The summed E-state index contributed by atoms with van der Waals surface area (Å²) >= 11 is 0. The molecule has 3 nitrogen and oxygen atoms in total. The van der Waals surface area contributed by atoms with Gasteiger partial charge in [0.1, 0.15) is 5.54 Å². The van der Waals surface area contributed by atoms with Crippen LogP contribution in [0.4, 0.5) is 0 Å². The van der Waals surface area contributed by atoms with Crippen molar-refractivity contribution in [1.29, 1.82) is 5.26 Å². The summed E-state index contributed by atoms with van der Waals surface area (Å²) in [7, 11) is 0. The Hall–Kier alpha value is -0.590. The minimum atomic E-state index is -0.293. The highest BCUT2D eigenvalue weighted by molar-refractivity contribution is 5.11. The summed E-state index contributed by atoms with van der Waals surface area (Å²) in [6.45, 7) is 11.5. The molecule has 2 fully saturated rings. The molecule has 1 heterocycles. The van der Waals surface area contributed by atoms with Crippen LogP contribution in [0.1, 0.15) is 72.6 Å². The lowest BCUT2D eigenvalue weighted by atomic mass is 9.78. The Labute approximate surface area is 131 Å². The Morgan fingerprint density at radius 1 is 1.14 bits per heavy atom. The van der Waals surface area contributed by atoms with Crippen LogP contribution in [0.3, 0.4) is 0 Å². The molecule has 0 radical (unpaired) electrons. The lowest BCUT2D eigenvalue weighted by Gasteiger charge is -2.42.